The standard InChI is InChI=1S/C23H16ClNO4/c24-16-7-5-6-15(12-16)21(26)14-29-22(27)13-25-19-10-3-1-8-17(19)23(28)18-9-2-4-11-20(18)25/h1-12H,13-14H2. The number of ketones is 1. The number of fused-ring (bicyclic) bond motifs is 2. The number of nitrogens with zero attached hydrogens (tertiary/aromatic N) is 1. The van der Waals surface area contributed by atoms with E-state index < -0.39 is 5.97 Å². The van der Waals surface area contributed by atoms with E-state index in [0.717, 1.165) is 0 Å². The van der Waals surface area contributed by atoms with Crippen molar-refractivity contribution < 1.29 is 14.3 Å². The van der Waals surface area contributed by atoms with Gasteiger partial charge in [-0.2, -0.15) is 0 Å². The van der Waals surface area contributed by atoms with Crippen LogP contribution in [0.1, 0.15) is 10.4 Å². The lowest BCUT2D eigenvalue weighted by Gasteiger charge is -2.14. The van der Waals surface area contributed by atoms with Crippen LogP contribution in [-0.4, -0.2) is 22.9 Å². The molecule has 0 N–H and O–H groups in total. The van der Waals surface area contributed by atoms with Crippen LogP contribution < -0.4 is 5.43 Å². The summed E-state index contributed by atoms with van der Waals surface area (Å²) in [4.78, 5) is 37.5. The molecule has 0 bridgehead atoms. The van der Waals surface area contributed by atoms with Crippen LogP contribution in [0.4, 0.5) is 0 Å². The van der Waals surface area contributed by atoms with Crippen molar-refractivity contribution in [2.45, 2.75) is 6.54 Å². The highest BCUT2D eigenvalue weighted by Gasteiger charge is 2.15. The molecule has 0 aliphatic rings. The Kier molecular flexibility index (Phi) is 5.14. The number of pyridine rings is 1. The van der Waals surface area contributed by atoms with Crippen molar-refractivity contribution >= 4 is 45.2 Å². The summed E-state index contributed by atoms with van der Waals surface area (Å²) in [6.45, 7) is -0.501. The van der Waals surface area contributed by atoms with Gasteiger partial charge in [-0.3, -0.25) is 14.4 Å². The molecule has 5 nitrogen and oxygen atoms in total. The highest BCUT2D eigenvalue weighted by Crippen LogP contribution is 2.19. The lowest BCUT2D eigenvalue weighted by atomic mass is 10.1. The first-order valence-electron chi connectivity index (χ1n) is 8.99. The van der Waals surface area contributed by atoms with Gasteiger partial charge in [0, 0.05) is 21.4 Å². The quantitative estimate of drug-likeness (QED) is 0.283. The Hall–Kier alpha value is -3.44. The number of Topliss-reactive ketones (excluding diaryl/α,β-unsaturated/α-hetero) is 1. The smallest absolute Gasteiger partial charge is 0.326 e. The Morgan fingerprint density at radius 3 is 2.10 bits per heavy atom. The Bertz CT molecular complexity index is 1250. The summed E-state index contributed by atoms with van der Waals surface area (Å²) < 4.78 is 6.93. The summed E-state index contributed by atoms with van der Waals surface area (Å²) in [5, 5.41) is 1.48. The molecule has 144 valence electrons. The normalized spacial score (nSPS) is 10.9. The van der Waals surface area contributed by atoms with E-state index in [2.05, 4.69) is 0 Å². The number of aromatic nitrogens is 1. The van der Waals surface area contributed by atoms with E-state index in [-0.39, 0.29) is 24.4 Å². The number of benzene rings is 3. The first-order chi connectivity index (χ1) is 14.0. The summed E-state index contributed by atoms with van der Waals surface area (Å²) in [6.07, 6.45) is 0. The number of carbonyl (C=O) groups excluding carboxylic acids is 2. The molecule has 0 aliphatic carbocycles. The van der Waals surface area contributed by atoms with Gasteiger partial charge in [-0.15, -0.1) is 0 Å². The van der Waals surface area contributed by atoms with Gasteiger partial charge >= 0.3 is 5.97 Å². The molecule has 0 amide bonds. The van der Waals surface area contributed by atoms with Gasteiger partial charge < -0.3 is 9.30 Å². The van der Waals surface area contributed by atoms with Crippen LogP contribution in [0.25, 0.3) is 21.8 Å². The molecule has 0 saturated carbocycles. The molecule has 0 aliphatic heterocycles. The summed E-state index contributed by atoms with van der Waals surface area (Å²) in [5.41, 5.74) is 1.56. The molecular weight excluding hydrogens is 390 g/mol. The average molecular weight is 406 g/mol. The summed E-state index contributed by atoms with van der Waals surface area (Å²) in [7, 11) is 0. The zero-order valence-corrected chi connectivity index (χ0v) is 16.1. The van der Waals surface area contributed by atoms with Gasteiger partial charge in [0.05, 0.1) is 11.0 Å². The second-order valence-corrected chi connectivity index (χ2v) is 6.98. The van der Waals surface area contributed by atoms with E-state index in [1.165, 1.54) is 6.07 Å². The topological polar surface area (TPSA) is 65.4 Å². The van der Waals surface area contributed by atoms with Crippen molar-refractivity contribution in [3.63, 3.8) is 0 Å². The van der Waals surface area contributed by atoms with E-state index in [9.17, 15) is 14.4 Å². The van der Waals surface area contributed by atoms with E-state index in [0.29, 0.717) is 32.4 Å². The molecule has 1 heterocycles. The third kappa shape index (κ3) is 3.77. The molecule has 0 unspecified atom stereocenters. The lowest BCUT2D eigenvalue weighted by Crippen LogP contribution is -2.20. The number of rotatable bonds is 5. The Labute approximate surface area is 171 Å². The number of carbonyl (C=O) groups is 2. The minimum absolute atomic E-state index is 0.0862. The van der Waals surface area contributed by atoms with Crippen LogP contribution in [0.5, 0.6) is 0 Å². The number of hydrogen-bond donors (Lipinski definition) is 0. The molecular formula is C23H16ClNO4. The Balaban J connectivity index is 1.62. The zero-order valence-electron chi connectivity index (χ0n) is 15.3. The maximum atomic E-state index is 12.7. The fourth-order valence-corrected chi connectivity index (χ4v) is 3.50. The number of halogens is 1. The van der Waals surface area contributed by atoms with Crippen molar-refractivity contribution in [3.8, 4) is 0 Å². The fraction of sp³-hybridized carbons (Fsp3) is 0.0870. The van der Waals surface area contributed by atoms with Gasteiger partial charge in [0.1, 0.15) is 6.54 Å². The van der Waals surface area contributed by atoms with Crippen LogP contribution in [0.3, 0.4) is 0 Å². The second kappa shape index (κ2) is 7.89. The molecule has 3 aromatic carbocycles. The summed E-state index contributed by atoms with van der Waals surface area (Å²) in [5.74, 6) is -0.908. The monoisotopic (exact) mass is 405 g/mol. The number of ether oxygens (including phenoxy) is 1. The van der Waals surface area contributed by atoms with Crippen molar-refractivity contribution in [2.75, 3.05) is 6.61 Å². The minimum atomic E-state index is -0.570. The van der Waals surface area contributed by atoms with Crippen molar-refractivity contribution in [3.05, 3.63) is 93.6 Å². The van der Waals surface area contributed by atoms with Crippen LogP contribution in [0.2, 0.25) is 5.02 Å². The Morgan fingerprint density at radius 1 is 0.862 bits per heavy atom. The second-order valence-electron chi connectivity index (χ2n) is 6.54. The van der Waals surface area contributed by atoms with E-state index in [1.807, 2.05) is 0 Å². The summed E-state index contributed by atoms with van der Waals surface area (Å²) in [6, 6.07) is 20.7. The first-order valence-corrected chi connectivity index (χ1v) is 9.37. The van der Waals surface area contributed by atoms with Crippen molar-refractivity contribution in [2.24, 2.45) is 0 Å². The predicted molar refractivity (Wildman–Crippen MR) is 112 cm³/mol. The number of esters is 1. The van der Waals surface area contributed by atoms with Gasteiger partial charge in [-0.1, -0.05) is 48.0 Å². The molecule has 1 aromatic heterocycles. The SMILES string of the molecule is O=C(Cn1c2ccccc2c(=O)c2ccccc21)OCC(=O)c1cccc(Cl)c1. The minimum Gasteiger partial charge on any atom is -0.456 e. The third-order valence-electron chi connectivity index (χ3n) is 4.68. The molecule has 0 atom stereocenters. The molecule has 0 fully saturated rings. The van der Waals surface area contributed by atoms with E-state index in [4.69, 9.17) is 16.3 Å². The van der Waals surface area contributed by atoms with E-state index >= 15 is 0 Å². The largest absolute Gasteiger partial charge is 0.456 e. The van der Waals surface area contributed by atoms with Crippen LogP contribution in [-0.2, 0) is 16.1 Å². The summed E-state index contributed by atoms with van der Waals surface area (Å²) >= 11 is 5.89. The predicted octanol–water partition coefficient (Wildman–Crippen LogP) is 4.23. The third-order valence-corrected chi connectivity index (χ3v) is 4.91. The number of hydrogen-bond acceptors (Lipinski definition) is 4. The van der Waals surface area contributed by atoms with Gasteiger partial charge in [0.15, 0.2) is 17.8 Å². The Morgan fingerprint density at radius 2 is 1.48 bits per heavy atom. The van der Waals surface area contributed by atoms with Crippen LogP contribution in [0, 0.1) is 0 Å². The van der Waals surface area contributed by atoms with E-state index in [1.54, 1.807) is 71.3 Å². The van der Waals surface area contributed by atoms with Gasteiger partial charge in [-0.25, -0.2) is 0 Å². The molecule has 29 heavy (non-hydrogen) atoms. The highest BCUT2D eigenvalue weighted by atomic mass is 35.5. The molecule has 0 radical (unpaired) electrons. The average Bonchev–Trinajstić information content (AvgIpc) is 2.75. The maximum absolute atomic E-state index is 12.7. The van der Waals surface area contributed by atoms with Crippen LogP contribution in [0.15, 0.2) is 77.6 Å². The van der Waals surface area contributed by atoms with Crippen molar-refractivity contribution in [1.29, 1.82) is 0 Å². The number of para-hydroxylation sites is 2. The van der Waals surface area contributed by atoms with Gasteiger partial charge in [0.25, 0.3) is 0 Å². The first kappa shape index (κ1) is 18.9. The fourth-order valence-electron chi connectivity index (χ4n) is 3.31. The molecule has 0 spiro atoms. The highest BCUT2D eigenvalue weighted by molar-refractivity contribution is 6.31. The van der Waals surface area contributed by atoms with Crippen molar-refractivity contribution in [1.82, 2.24) is 4.57 Å². The lowest BCUT2D eigenvalue weighted by molar-refractivity contribution is -0.143. The zero-order chi connectivity index (χ0) is 20.4. The molecule has 4 rings (SSSR count). The van der Waals surface area contributed by atoms with Crippen LogP contribution >= 0.6 is 11.6 Å². The van der Waals surface area contributed by atoms with Gasteiger partial charge in [-0.05, 0) is 36.4 Å². The molecule has 0 saturated heterocycles. The maximum Gasteiger partial charge on any atom is 0.326 e. The molecule has 6 heteroatoms. The van der Waals surface area contributed by atoms with Gasteiger partial charge in [0.2, 0.25) is 0 Å². The molecule has 4 aromatic rings.